The van der Waals surface area contributed by atoms with Crippen LogP contribution < -0.4 is 0 Å². The van der Waals surface area contributed by atoms with E-state index in [0.29, 0.717) is 0 Å². The highest BCUT2D eigenvalue weighted by atomic mass is 16.4. The van der Waals surface area contributed by atoms with Gasteiger partial charge in [0, 0.05) is 12.3 Å². The smallest absolute Gasteiger partial charge is 0.323 e. The summed E-state index contributed by atoms with van der Waals surface area (Å²) in [6.07, 6.45) is 2.40. The minimum Gasteiger partial charge on any atom is -0.480 e. The van der Waals surface area contributed by atoms with Gasteiger partial charge in [-0.2, -0.15) is 0 Å². The van der Waals surface area contributed by atoms with E-state index in [-0.39, 0.29) is 13.1 Å². The Balaban J connectivity index is 2.61. The summed E-state index contributed by atoms with van der Waals surface area (Å²) in [5.41, 5.74) is 0. The topological polar surface area (TPSA) is 74.7 Å². The van der Waals surface area contributed by atoms with E-state index in [4.69, 9.17) is 5.11 Å². The number of hydrogen-bond acceptors (Lipinski definition) is 4. The number of allylic oxidation sites excluding steroid dienone is 1. The normalized spacial score (nSPS) is 16.8. The lowest BCUT2D eigenvalue weighted by molar-refractivity contribution is -0.139. The number of carboxylic acids is 1. The number of hydrogen-bond donors (Lipinski definition) is 1. The van der Waals surface area contributed by atoms with E-state index in [0.717, 1.165) is 6.08 Å². The van der Waals surface area contributed by atoms with E-state index in [9.17, 15) is 14.4 Å². The van der Waals surface area contributed by atoms with Crippen molar-refractivity contribution in [2.24, 2.45) is 0 Å². The maximum Gasteiger partial charge on any atom is 0.323 e. The maximum atomic E-state index is 10.8. The zero-order valence-electron chi connectivity index (χ0n) is 6.19. The van der Waals surface area contributed by atoms with E-state index in [1.165, 1.54) is 11.1 Å². The summed E-state index contributed by atoms with van der Waals surface area (Å²) in [6, 6.07) is 0. The summed E-state index contributed by atoms with van der Waals surface area (Å²) in [4.78, 5) is 32.8. The summed E-state index contributed by atoms with van der Waals surface area (Å²) in [5, 5.41) is 8.35. The average Bonchev–Trinajstić information content (AvgIpc) is 1.96. The number of carboxylic acid groups (broad SMARTS) is 1. The van der Waals surface area contributed by atoms with Gasteiger partial charge in [-0.1, -0.05) is 0 Å². The van der Waals surface area contributed by atoms with Crippen LogP contribution in [-0.2, 0) is 14.4 Å². The van der Waals surface area contributed by atoms with E-state index >= 15 is 0 Å². The summed E-state index contributed by atoms with van der Waals surface area (Å²) in [7, 11) is 0. The Morgan fingerprint density at radius 3 is 2.75 bits per heavy atom. The molecule has 0 fully saturated rings. The fourth-order valence-corrected chi connectivity index (χ4v) is 0.863. The molecule has 1 aliphatic rings. The molecule has 1 rings (SSSR count). The lowest BCUT2D eigenvalue weighted by Gasteiger charge is -2.18. The van der Waals surface area contributed by atoms with Crippen molar-refractivity contribution in [2.45, 2.75) is 0 Å². The number of ketones is 2. The van der Waals surface area contributed by atoms with E-state index in [1.54, 1.807) is 0 Å². The first-order chi connectivity index (χ1) is 5.59. The van der Waals surface area contributed by atoms with E-state index in [1.807, 2.05) is 0 Å². The molecule has 0 saturated carbocycles. The van der Waals surface area contributed by atoms with Crippen molar-refractivity contribution in [1.29, 1.82) is 0 Å². The second kappa shape index (κ2) is 3.17. The molecule has 0 aliphatic carbocycles. The number of Topliss-reactive ketones (excluding diaryl/α,β-unsaturated/α-hetero) is 1. The fraction of sp³-hybridized carbons (Fsp3) is 0.286. The summed E-state index contributed by atoms with van der Waals surface area (Å²) < 4.78 is 0. The Morgan fingerprint density at radius 2 is 2.25 bits per heavy atom. The molecule has 0 radical (unpaired) electrons. The molecule has 0 unspecified atom stereocenters. The van der Waals surface area contributed by atoms with E-state index in [2.05, 4.69) is 0 Å². The van der Waals surface area contributed by atoms with Gasteiger partial charge in [0.2, 0.25) is 11.6 Å². The van der Waals surface area contributed by atoms with Gasteiger partial charge in [0.15, 0.2) is 0 Å². The summed E-state index contributed by atoms with van der Waals surface area (Å²) >= 11 is 0. The monoisotopic (exact) mass is 169 g/mol. The molecule has 0 aromatic rings. The Kier molecular flexibility index (Phi) is 2.23. The number of carbonyl (C=O) groups excluding carboxylic acids is 2. The SMILES string of the molecule is O=C(O)CN1C=CC(=O)C(=O)C1. The molecule has 1 N–H and O–H groups in total. The van der Waals surface area contributed by atoms with Crippen LogP contribution in [0.15, 0.2) is 12.3 Å². The minimum absolute atomic E-state index is 0.137. The molecule has 0 aromatic heterocycles. The molecule has 0 spiro atoms. The van der Waals surface area contributed by atoms with Crippen LogP contribution in [0.2, 0.25) is 0 Å². The summed E-state index contributed by atoms with van der Waals surface area (Å²) in [6.45, 7) is -0.392. The molecule has 0 aromatic carbocycles. The second-order valence-corrected chi connectivity index (χ2v) is 2.40. The Hall–Kier alpha value is -1.65. The lowest BCUT2D eigenvalue weighted by Crippen LogP contribution is -2.36. The maximum absolute atomic E-state index is 10.8. The van der Waals surface area contributed by atoms with Gasteiger partial charge >= 0.3 is 5.97 Å². The third kappa shape index (κ3) is 1.91. The third-order valence-electron chi connectivity index (χ3n) is 1.40. The highest BCUT2D eigenvalue weighted by molar-refractivity contribution is 6.42. The molecular weight excluding hydrogens is 162 g/mol. The molecule has 0 amide bonds. The third-order valence-corrected chi connectivity index (χ3v) is 1.40. The van der Waals surface area contributed by atoms with Crippen molar-refractivity contribution in [3.8, 4) is 0 Å². The van der Waals surface area contributed by atoms with Gasteiger partial charge in [-0.05, 0) is 0 Å². The zero-order chi connectivity index (χ0) is 9.14. The first-order valence-electron chi connectivity index (χ1n) is 3.31. The van der Waals surface area contributed by atoms with Gasteiger partial charge in [-0.3, -0.25) is 14.4 Å². The Bertz CT molecular complexity index is 269. The summed E-state index contributed by atoms with van der Waals surface area (Å²) in [5.74, 6) is -2.17. The van der Waals surface area contributed by atoms with Crippen LogP contribution in [0, 0.1) is 0 Å². The number of aliphatic carboxylic acids is 1. The number of carbonyl (C=O) groups is 3. The molecule has 0 bridgehead atoms. The van der Waals surface area contributed by atoms with Crippen LogP contribution in [0.25, 0.3) is 0 Å². The molecule has 0 saturated heterocycles. The standard InChI is InChI=1S/C7H7NO4/c9-5-1-2-8(3-6(5)10)4-7(11)12/h1-2H,3-4H2,(H,11,12). The van der Waals surface area contributed by atoms with Gasteiger partial charge in [0.05, 0.1) is 6.54 Å². The molecule has 64 valence electrons. The predicted octanol–water partition coefficient (Wildman–Crippen LogP) is -0.962. The molecule has 5 heteroatoms. The largest absolute Gasteiger partial charge is 0.480 e. The zero-order valence-corrected chi connectivity index (χ0v) is 6.19. The minimum atomic E-state index is -1.03. The van der Waals surface area contributed by atoms with Crippen LogP contribution in [0.3, 0.4) is 0 Å². The van der Waals surface area contributed by atoms with Crippen molar-refractivity contribution < 1.29 is 19.5 Å². The Labute approximate surface area is 68.3 Å². The fourth-order valence-electron chi connectivity index (χ4n) is 0.863. The van der Waals surface area contributed by atoms with Crippen molar-refractivity contribution in [2.75, 3.05) is 13.1 Å². The van der Waals surface area contributed by atoms with Crippen molar-refractivity contribution in [3.63, 3.8) is 0 Å². The second-order valence-electron chi connectivity index (χ2n) is 2.40. The lowest BCUT2D eigenvalue weighted by atomic mass is 10.2. The molecule has 12 heavy (non-hydrogen) atoms. The van der Waals surface area contributed by atoms with Gasteiger partial charge in [0.25, 0.3) is 0 Å². The van der Waals surface area contributed by atoms with Gasteiger partial charge in [-0.25, -0.2) is 0 Å². The van der Waals surface area contributed by atoms with Crippen molar-refractivity contribution >= 4 is 17.5 Å². The molecular formula is C7H7NO4. The van der Waals surface area contributed by atoms with Gasteiger partial charge < -0.3 is 10.0 Å². The van der Waals surface area contributed by atoms with Crippen LogP contribution >= 0.6 is 0 Å². The van der Waals surface area contributed by atoms with Crippen LogP contribution in [0.5, 0.6) is 0 Å². The first kappa shape index (κ1) is 8.45. The van der Waals surface area contributed by atoms with Crippen molar-refractivity contribution in [3.05, 3.63) is 12.3 Å². The molecule has 0 atom stereocenters. The quantitative estimate of drug-likeness (QED) is 0.539. The highest BCUT2D eigenvalue weighted by Crippen LogP contribution is 1.98. The Morgan fingerprint density at radius 1 is 1.58 bits per heavy atom. The first-order valence-corrected chi connectivity index (χ1v) is 3.31. The van der Waals surface area contributed by atoms with Gasteiger partial charge in [-0.15, -0.1) is 0 Å². The van der Waals surface area contributed by atoms with Crippen molar-refractivity contribution in [1.82, 2.24) is 4.90 Å². The highest BCUT2D eigenvalue weighted by Gasteiger charge is 2.19. The van der Waals surface area contributed by atoms with Crippen LogP contribution in [0.4, 0.5) is 0 Å². The molecule has 5 nitrogen and oxygen atoms in total. The number of nitrogens with zero attached hydrogens (tertiary/aromatic N) is 1. The van der Waals surface area contributed by atoms with E-state index < -0.39 is 17.5 Å². The predicted molar refractivity (Wildman–Crippen MR) is 38.4 cm³/mol. The number of rotatable bonds is 2. The molecule has 1 aliphatic heterocycles. The van der Waals surface area contributed by atoms with Gasteiger partial charge in [0.1, 0.15) is 6.54 Å². The van der Waals surface area contributed by atoms with Crippen LogP contribution in [-0.4, -0.2) is 40.6 Å². The molecule has 1 heterocycles. The average molecular weight is 169 g/mol. The van der Waals surface area contributed by atoms with Crippen LogP contribution in [0.1, 0.15) is 0 Å².